The minimum absolute atomic E-state index is 0.690. The summed E-state index contributed by atoms with van der Waals surface area (Å²) in [5.74, 6) is 2.42. The summed E-state index contributed by atoms with van der Waals surface area (Å²) < 4.78 is 0. The summed E-state index contributed by atoms with van der Waals surface area (Å²) in [7, 11) is 0. The molecule has 0 aliphatic heterocycles. The van der Waals surface area contributed by atoms with Crippen LogP contribution >= 0.6 is 0 Å². The van der Waals surface area contributed by atoms with Gasteiger partial charge in [0.05, 0.1) is 0 Å². The van der Waals surface area contributed by atoms with Crippen molar-refractivity contribution in [3.63, 3.8) is 0 Å². The van der Waals surface area contributed by atoms with Crippen LogP contribution in [-0.2, 0) is 0 Å². The first-order valence-electron chi connectivity index (χ1n) is 6.85. The zero-order valence-corrected chi connectivity index (χ0v) is 11.5. The molecule has 16 heavy (non-hydrogen) atoms. The zero-order valence-electron chi connectivity index (χ0n) is 11.5. The fourth-order valence-electron chi connectivity index (χ4n) is 2.29. The third-order valence-electron chi connectivity index (χ3n) is 3.33. The fourth-order valence-corrected chi connectivity index (χ4v) is 2.29. The van der Waals surface area contributed by atoms with Crippen LogP contribution in [0.1, 0.15) is 59.3 Å². The Kier molecular flexibility index (Phi) is 9.77. The zero-order chi connectivity index (χ0) is 12.4. The smallest absolute Gasteiger partial charge is 0.0262 e. The summed E-state index contributed by atoms with van der Waals surface area (Å²) in [5.41, 5.74) is 0. The van der Waals surface area contributed by atoms with Crippen LogP contribution in [0, 0.1) is 31.6 Å². The first-order valence-corrected chi connectivity index (χ1v) is 6.85. The quantitative estimate of drug-likeness (QED) is 0.486. The Hall–Kier alpha value is -0.260. The molecule has 0 aliphatic rings. The van der Waals surface area contributed by atoms with Crippen LogP contribution < -0.4 is 0 Å². The third kappa shape index (κ3) is 9.00. The number of rotatable bonds is 9. The molecule has 94 valence electrons. The second-order valence-corrected chi connectivity index (χ2v) is 5.42. The van der Waals surface area contributed by atoms with Crippen molar-refractivity contribution in [2.75, 3.05) is 0 Å². The highest BCUT2D eigenvalue weighted by atomic mass is 14.1. The van der Waals surface area contributed by atoms with Gasteiger partial charge in [0.25, 0.3) is 0 Å². The molecule has 0 aliphatic carbocycles. The van der Waals surface area contributed by atoms with Crippen molar-refractivity contribution in [1.29, 1.82) is 0 Å². The molecule has 0 aromatic heterocycles. The average Bonchev–Trinajstić information content (AvgIpc) is 2.24. The van der Waals surface area contributed by atoms with Crippen molar-refractivity contribution in [3.8, 4) is 0 Å². The van der Waals surface area contributed by atoms with Crippen LogP contribution in [0.4, 0.5) is 0 Å². The SMILES string of the molecule is [CH2]/C=C/C(C)CCC(C)CC(C)CCC[CH2]. The van der Waals surface area contributed by atoms with Gasteiger partial charge in [0.1, 0.15) is 0 Å². The minimum atomic E-state index is 0.690. The molecule has 0 spiro atoms. The molecule has 0 saturated heterocycles. The number of hydrogen-bond acceptors (Lipinski definition) is 0. The average molecular weight is 222 g/mol. The summed E-state index contributed by atoms with van der Waals surface area (Å²) in [6, 6.07) is 0. The largest absolute Gasteiger partial charge is 0.0880 e. The maximum Gasteiger partial charge on any atom is -0.0262 e. The summed E-state index contributed by atoms with van der Waals surface area (Å²) in [5, 5.41) is 0. The second kappa shape index (κ2) is 9.93. The number of unbranched alkanes of at least 4 members (excludes halogenated alkanes) is 1. The maximum atomic E-state index is 3.90. The molecule has 0 rings (SSSR count). The van der Waals surface area contributed by atoms with Crippen LogP contribution in [0.3, 0.4) is 0 Å². The van der Waals surface area contributed by atoms with E-state index in [1.807, 2.05) is 6.08 Å². The number of allylic oxidation sites excluding steroid dienone is 2. The van der Waals surface area contributed by atoms with Crippen molar-refractivity contribution in [3.05, 3.63) is 26.0 Å². The van der Waals surface area contributed by atoms with E-state index in [2.05, 4.69) is 40.7 Å². The van der Waals surface area contributed by atoms with E-state index in [0.717, 1.165) is 18.3 Å². The van der Waals surface area contributed by atoms with E-state index in [-0.39, 0.29) is 0 Å². The van der Waals surface area contributed by atoms with Gasteiger partial charge in [-0.15, -0.1) is 0 Å². The fraction of sp³-hybridized carbons (Fsp3) is 0.750. The van der Waals surface area contributed by atoms with E-state index in [4.69, 9.17) is 0 Å². The van der Waals surface area contributed by atoms with Gasteiger partial charge in [-0.1, -0.05) is 65.5 Å². The summed E-state index contributed by atoms with van der Waals surface area (Å²) in [6.07, 6.45) is 11.9. The molecule has 0 amide bonds. The molecule has 3 unspecified atom stereocenters. The van der Waals surface area contributed by atoms with Gasteiger partial charge in [0.2, 0.25) is 0 Å². The van der Waals surface area contributed by atoms with E-state index < -0.39 is 0 Å². The molecule has 0 saturated carbocycles. The van der Waals surface area contributed by atoms with Gasteiger partial charge in [-0.3, -0.25) is 0 Å². The first kappa shape index (κ1) is 15.7. The molecule has 0 nitrogen and oxygen atoms in total. The van der Waals surface area contributed by atoms with Gasteiger partial charge < -0.3 is 0 Å². The van der Waals surface area contributed by atoms with Crippen molar-refractivity contribution < 1.29 is 0 Å². The molecule has 0 N–H and O–H groups in total. The van der Waals surface area contributed by atoms with Gasteiger partial charge in [-0.25, -0.2) is 0 Å². The Morgan fingerprint density at radius 2 is 1.62 bits per heavy atom. The lowest BCUT2D eigenvalue weighted by molar-refractivity contribution is 0.356. The monoisotopic (exact) mass is 222 g/mol. The van der Waals surface area contributed by atoms with Crippen LogP contribution in [0.25, 0.3) is 0 Å². The molecule has 0 fully saturated rings. The predicted molar refractivity (Wildman–Crippen MR) is 75.0 cm³/mol. The second-order valence-electron chi connectivity index (χ2n) is 5.42. The van der Waals surface area contributed by atoms with Gasteiger partial charge in [-0.05, 0) is 37.5 Å². The molecule has 0 aromatic rings. The van der Waals surface area contributed by atoms with Crippen molar-refractivity contribution in [2.24, 2.45) is 17.8 Å². The van der Waals surface area contributed by atoms with E-state index in [0.29, 0.717) is 5.92 Å². The molecular formula is C16H30. The molecule has 0 aromatic carbocycles. The van der Waals surface area contributed by atoms with E-state index in [1.165, 1.54) is 32.1 Å². The van der Waals surface area contributed by atoms with E-state index in [9.17, 15) is 0 Å². The molecule has 3 atom stereocenters. The van der Waals surface area contributed by atoms with E-state index in [1.54, 1.807) is 0 Å². The van der Waals surface area contributed by atoms with Crippen molar-refractivity contribution >= 4 is 0 Å². The number of hydrogen-bond donors (Lipinski definition) is 0. The van der Waals surface area contributed by atoms with Gasteiger partial charge in [-0.2, -0.15) is 0 Å². The van der Waals surface area contributed by atoms with Gasteiger partial charge >= 0.3 is 0 Å². The minimum Gasteiger partial charge on any atom is -0.0880 e. The lowest BCUT2D eigenvalue weighted by Crippen LogP contribution is -2.05. The van der Waals surface area contributed by atoms with E-state index >= 15 is 0 Å². The highest BCUT2D eigenvalue weighted by Crippen LogP contribution is 2.22. The summed E-state index contributed by atoms with van der Waals surface area (Å²) in [4.78, 5) is 0. The van der Waals surface area contributed by atoms with Crippen LogP contribution in [0.2, 0.25) is 0 Å². The summed E-state index contributed by atoms with van der Waals surface area (Å²) in [6.45, 7) is 14.7. The lowest BCUT2D eigenvalue weighted by atomic mass is 9.88. The van der Waals surface area contributed by atoms with Gasteiger partial charge in [0, 0.05) is 0 Å². The highest BCUT2D eigenvalue weighted by molar-refractivity contribution is 4.88. The Morgan fingerprint density at radius 1 is 1.00 bits per heavy atom. The van der Waals surface area contributed by atoms with Crippen molar-refractivity contribution in [2.45, 2.75) is 59.3 Å². The highest BCUT2D eigenvalue weighted by Gasteiger charge is 2.09. The Labute approximate surface area is 104 Å². The van der Waals surface area contributed by atoms with Crippen molar-refractivity contribution in [1.82, 2.24) is 0 Å². The standard InChI is InChI=1S/C16H30/c1-6-8-10-15(4)13-16(5)12-11-14(3)9-7-2/h7,9,14-16H,1-2,6,8,10-13H2,3-5H3/b9-7+. The molecule has 0 heteroatoms. The van der Waals surface area contributed by atoms with Crippen LogP contribution in [0.5, 0.6) is 0 Å². The van der Waals surface area contributed by atoms with Gasteiger partial charge in [0.15, 0.2) is 0 Å². The molecular weight excluding hydrogens is 192 g/mol. The first-order chi connectivity index (χ1) is 7.60. The molecule has 0 bridgehead atoms. The third-order valence-corrected chi connectivity index (χ3v) is 3.33. The topological polar surface area (TPSA) is 0 Å². The maximum absolute atomic E-state index is 3.90. The molecule has 0 heterocycles. The Morgan fingerprint density at radius 3 is 2.19 bits per heavy atom. The normalized spacial score (nSPS) is 17.6. The molecule has 2 radical (unpaired) electrons. The van der Waals surface area contributed by atoms with Crippen LogP contribution in [0.15, 0.2) is 12.2 Å². The lowest BCUT2D eigenvalue weighted by Gasteiger charge is -2.18. The Bertz CT molecular complexity index is 169. The predicted octanol–water partition coefficient (Wildman–Crippen LogP) is 5.46. The van der Waals surface area contributed by atoms with Crippen LogP contribution in [-0.4, -0.2) is 0 Å². The Balaban J connectivity index is 3.60. The summed E-state index contributed by atoms with van der Waals surface area (Å²) >= 11 is 0.